The first-order valence-electron chi connectivity index (χ1n) is 6.98. The third-order valence-electron chi connectivity index (χ3n) is 3.90. The average Bonchev–Trinajstić information content (AvgIpc) is 2.36. The van der Waals surface area contributed by atoms with Gasteiger partial charge in [-0.05, 0) is 35.8 Å². The molecule has 1 aromatic carbocycles. The number of rotatable bonds is 4. The van der Waals surface area contributed by atoms with Crippen molar-refractivity contribution < 1.29 is 0 Å². The van der Waals surface area contributed by atoms with Crippen molar-refractivity contribution in [3.05, 3.63) is 35.4 Å². The van der Waals surface area contributed by atoms with Crippen LogP contribution in [-0.4, -0.2) is 5.25 Å². The number of hydrogen-bond acceptors (Lipinski definition) is 2. The lowest BCUT2D eigenvalue weighted by Gasteiger charge is -2.34. The molecule has 0 aromatic heterocycles. The second kappa shape index (κ2) is 6.12. The minimum atomic E-state index is 0.555. The van der Waals surface area contributed by atoms with E-state index in [1.54, 1.807) is 0 Å². The highest BCUT2D eigenvalue weighted by atomic mass is 32.2. The first-order valence-corrected chi connectivity index (χ1v) is 8.03. The zero-order valence-corrected chi connectivity index (χ0v) is 12.4. The van der Waals surface area contributed by atoms with Crippen molar-refractivity contribution in [2.75, 3.05) is 0 Å². The van der Waals surface area contributed by atoms with Crippen LogP contribution in [0.25, 0.3) is 0 Å². The molecule has 1 atom stereocenters. The molecule has 100 valence electrons. The smallest absolute Gasteiger partial charge is 0.0187 e. The predicted molar refractivity (Wildman–Crippen MR) is 81.7 cm³/mol. The van der Waals surface area contributed by atoms with E-state index >= 15 is 0 Å². The summed E-state index contributed by atoms with van der Waals surface area (Å²) in [5.41, 5.74) is 8.83. The molecule has 1 aromatic rings. The van der Waals surface area contributed by atoms with Gasteiger partial charge < -0.3 is 5.73 Å². The summed E-state index contributed by atoms with van der Waals surface area (Å²) in [5, 5.41) is 0.850. The summed E-state index contributed by atoms with van der Waals surface area (Å²) in [7, 11) is 0. The number of hydrogen-bond donors (Lipinski definition) is 1. The zero-order valence-electron chi connectivity index (χ0n) is 11.6. The molecule has 1 aliphatic carbocycles. The van der Waals surface area contributed by atoms with Gasteiger partial charge in [-0.1, -0.05) is 44.5 Å². The van der Waals surface area contributed by atoms with Gasteiger partial charge in [0.1, 0.15) is 0 Å². The Hall–Kier alpha value is -0.470. The van der Waals surface area contributed by atoms with Crippen LogP contribution < -0.4 is 5.73 Å². The van der Waals surface area contributed by atoms with Gasteiger partial charge in [0.25, 0.3) is 0 Å². The first kappa shape index (κ1) is 14.0. The van der Waals surface area contributed by atoms with E-state index < -0.39 is 0 Å². The lowest BCUT2D eigenvalue weighted by atomic mass is 9.77. The SMILES string of the molecule is CC1(C)CCC[C@H](SCc2ccc(CN)cc2)C1. The third-order valence-corrected chi connectivity index (χ3v) is 5.28. The highest BCUT2D eigenvalue weighted by Crippen LogP contribution is 2.40. The predicted octanol–water partition coefficient (Wildman–Crippen LogP) is 4.35. The van der Waals surface area contributed by atoms with Crippen molar-refractivity contribution in [3.8, 4) is 0 Å². The molecule has 1 saturated carbocycles. The van der Waals surface area contributed by atoms with Crippen LogP contribution in [0.15, 0.2) is 24.3 Å². The van der Waals surface area contributed by atoms with Gasteiger partial charge in [-0.2, -0.15) is 11.8 Å². The largest absolute Gasteiger partial charge is 0.326 e. The molecule has 2 N–H and O–H groups in total. The monoisotopic (exact) mass is 263 g/mol. The van der Waals surface area contributed by atoms with E-state index in [1.165, 1.54) is 36.8 Å². The first-order chi connectivity index (χ1) is 8.59. The fourth-order valence-corrected chi connectivity index (χ4v) is 4.28. The molecule has 1 nitrogen and oxygen atoms in total. The van der Waals surface area contributed by atoms with Crippen LogP contribution in [-0.2, 0) is 12.3 Å². The van der Waals surface area contributed by atoms with Gasteiger partial charge in [-0.3, -0.25) is 0 Å². The summed E-state index contributed by atoms with van der Waals surface area (Å²) >= 11 is 2.13. The Morgan fingerprint density at radius 3 is 2.50 bits per heavy atom. The summed E-state index contributed by atoms with van der Waals surface area (Å²) in [4.78, 5) is 0. The Bertz CT molecular complexity index is 369. The third kappa shape index (κ3) is 4.03. The second-order valence-corrected chi connectivity index (χ2v) is 7.50. The Labute approximate surface area is 116 Å². The summed E-state index contributed by atoms with van der Waals surface area (Å²) in [6.45, 7) is 5.47. The molecule has 1 fully saturated rings. The normalized spacial score (nSPS) is 22.9. The molecule has 0 saturated heterocycles. The van der Waals surface area contributed by atoms with E-state index in [2.05, 4.69) is 49.9 Å². The summed E-state index contributed by atoms with van der Waals surface area (Å²) in [6, 6.07) is 8.76. The van der Waals surface area contributed by atoms with Crippen molar-refractivity contribution in [1.82, 2.24) is 0 Å². The van der Waals surface area contributed by atoms with E-state index in [0.29, 0.717) is 12.0 Å². The number of benzene rings is 1. The standard InChI is InChI=1S/C16H25NS/c1-16(2)9-3-4-15(10-16)18-12-14-7-5-13(11-17)6-8-14/h5-8,15H,3-4,9-12,17H2,1-2H3/t15-/m0/s1. The topological polar surface area (TPSA) is 26.0 Å². The molecule has 0 bridgehead atoms. The van der Waals surface area contributed by atoms with Gasteiger partial charge in [0.05, 0.1) is 0 Å². The van der Waals surface area contributed by atoms with E-state index in [-0.39, 0.29) is 0 Å². The Morgan fingerprint density at radius 2 is 1.89 bits per heavy atom. The van der Waals surface area contributed by atoms with Crippen LogP contribution in [0, 0.1) is 5.41 Å². The van der Waals surface area contributed by atoms with Crippen LogP contribution in [0.3, 0.4) is 0 Å². The summed E-state index contributed by atoms with van der Waals surface area (Å²) < 4.78 is 0. The maximum absolute atomic E-state index is 5.62. The number of nitrogens with two attached hydrogens (primary N) is 1. The van der Waals surface area contributed by atoms with Crippen molar-refractivity contribution >= 4 is 11.8 Å². The molecule has 2 heteroatoms. The molecular weight excluding hydrogens is 238 g/mol. The van der Waals surface area contributed by atoms with Crippen LogP contribution in [0.4, 0.5) is 0 Å². The quantitative estimate of drug-likeness (QED) is 0.874. The minimum absolute atomic E-state index is 0.555. The lowest BCUT2D eigenvalue weighted by molar-refractivity contribution is 0.251. The van der Waals surface area contributed by atoms with Gasteiger partial charge in [-0.25, -0.2) is 0 Å². The zero-order chi connectivity index (χ0) is 13.0. The fraction of sp³-hybridized carbons (Fsp3) is 0.625. The fourth-order valence-electron chi connectivity index (χ4n) is 2.76. The minimum Gasteiger partial charge on any atom is -0.326 e. The van der Waals surface area contributed by atoms with Gasteiger partial charge in [-0.15, -0.1) is 0 Å². The average molecular weight is 263 g/mol. The Morgan fingerprint density at radius 1 is 1.22 bits per heavy atom. The molecule has 0 aliphatic heterocycles. The second-order valence-electron chi connectivity index (χ2n) is 6.21. The molecule has 0 unspecified atom stereocenters. The van der Waals surface area contributed by atoms with Crippen molar-refractivity contribution in [1.29, 1.82) is 0 Å². The van der Waals surface area contributed by atoms with E-state index in [4.69, 9.17) is 5.73 Å². The van der Waals surface area contributed by atoms with Crippen LogP contribution in [0.1, 0.15) is 50.7 Å². The van der Waals surface area contributed by atoms with Crippen LogP contribution in [0.2, 0.25) is 0 Å². The van der Waals surface area contributed by atoms with Crippen molar-refractivity contribution in [3.63, 3.8) is 0 Å². The van der Waals surface area contributed by atoms with Gasteiger partial charge in [0, 0.05) is 17.5 Å². The molecule has 2 rings (SSSR count). The van der Waals surface area contributed by atoms with Crippen LogP contribution >= 0.6 is 11.8 Å². The highest BCUT2D eigenvalue weighted by molar-refractivity contribution is 7.99. The maximum Gasteiger partial charge on any atom is 0.0187 e. The Balaban J connectivity index is 1.83. The van der Waals surface area contributed by atoms with Gasteiger partial charge in [0.15, 0.2) is 0 Å². The molecule has 0 radical (unpaired) electrons. The van der Waals surface area contributed by atoms with E-state index in [0.717, 1.165) is 11.0 Å². The van der Waals surface area contributed by atoms with Crippen molar-refractivity contribution in [2.24, 2.45) is 11.1 Å². The number of thioether (sulfide) groups is 1. The highest BCUT2D eigenvalue weighted by Gasteiger charge is 2.27. The van der Waals surface area contributed by atoms with Gasteiger partial charge in [0.2, 0.25) is 0 Å². The molecule has 0 heterocycles. The maximum atomic E-state index is 5.62. The molecule has 1 aliphatic rings. The van der Waals surface area contributed by atoms with Crippen LogP contribution in [0.5, 0.6) is 0 Å². The summed E-state index contributed by atoms with van der Waals surface area (Å²) in [5.74, 6) is 1.14. The summed E-state index contributed by atoms with van der Waals surface area (Å²) in [6.07, 6.45) is 5.57. The molecule has 0 amide bonds. The molecule has 18 heavy (non-hydrogen) atoms. The Kier molecular flexibility index (Phi) is 4.74. The molecular formula is C16H25NS. The van der Waals surface area contributed by atoms with E-state index in [9.17, 15) is 0 Å². The lowest BCUT2D eigenvalue weighted by Crippen LogP contribution is -2.24. The van der Waals surface area contributed by atoms with Crippen molar-refractivity contribution in [2.45, 2.75) is 57.1 Å². The van der Waals surface area contributed by atoms with Gasteiger partial charge >= 0.3 is 0 Å². The molecule has 0 spiro atoms. The van der Waals surface area contributed by atoms with E-state index in [1.807, 2.05) is 0 Å².